The van der Waals surface area contributed by atoms with Gasteiger partial charge in [-0.1, -0.05) is 43.0 Å². The van der Waals surface area contributed by atoms with Gasteiger partial charge in [0.1, 0.15) is 5.75 Å². The molecule has 124 valence electrons. The Hall–Kier alpha value is -1.12. The molecule has 0 aliphatic rings. The van der Waals surface area contributed by atoms with Gasteiger partial charge >= 0.3 is 0 Å². The molecule has 2 rings (SSSR count). The van der Waals surface area contributed by atoms with E-state index in [0.29, 0.717) is 10.9 Å². The summed E-state index contributed by atoms with van der Waals surface area (Å²) in [7, 11) is 0. The Balaban J connectivity index is 1.84. The standard InChI is InChI=1S/C15H18BrN3O2S2/c1-3-7-22-15-19-18-14(23-15)17-13(20)9-21-12-6-5-10(4-2)8-11(12)16/h5-6,8H,3-4,7,9H2,1-2H3,(H,17,18,20). The van der Waals surface area contributed by atoms with Crippen molar-refractivity contribution in [1.29, 1.82) is 0 Å². The number of anilines is 1. The second kappa shape index (κ2) is 9.24. The molecule has 0 radical (unpaired) electrons. The van der Waals surface area contributed by atoms with Crippen molar-refractivity contribution in [3.63, 3.8) is 0 Å². The van der Waals surface area contributed by atoms with Crippen molar-refractivity contribution in [1.82, 2.24) is 10.2 Å². The zero-order valence-corrected chi connectivity index (χ0v) is 16.2. The van der Waals surface area contributed by atoms with E-state index in [1.807, 2.05) is 18.2 Å². The molecular weight excluding hydrogens is 398 g/mol. The van der Waals surface area contributed by atoms with Crippen LogP contribution in [0.1, 0.15) is 25.8 Å². The highest BCUT2D eigenvalue weighted by atomic mass is 79.9. The molecule has 0 aliphatic carbocycles. The summed E-state index contributed by atoms with van der Waals surface area (Å²) in [4.78, 5) is 11.9. The maximum absolute atomic E-state index is 11.9. The molecule has 1 heterocycles. The fourth-order valence-corrected chi connectivity index (χ4v) is 3.92. The minimum absolute atomic E-state index is 0.0684. The van der Waals surface area contributed by atoms with Gasteiger partial charge in [-0.15, -0.1) is 10.2 Å². The van der Waals surface area contributed by atoms with Crippen LogP contribution >= 0.6 is 39.0 Å². The van der Waals surface area contributed by atoms with E-state index in [4.69, 9.17) is 4.74 Å². The predicted molar refractivity (Wildman–Crippen MR) is 98.6 cm³/mol. The summed E-state index contributed by atoms with van der Waals surface area (Å²) >= 11 is 6.47. The third-order valence-electron chi connectivity index (χ3n) is 2.85. The molecule has 0 saturated heterocycles. The van der Waals surface area contributed by atoms with Crippen molar-refractivity contribution in [3.05, 3.63) is 28.2 Å². The molecule has 8 heteroatoms. The van der Waals surface area contributed by atoms with Crippen LogP contribution in [-0.4, -0.2) is 28.5 Å². The number of halogens is 1. The maximum Gasteiger partial charge on any atom is 0.264 e. The number of amides is 1. The molecule has 1 N–H and O–H groups in total. The number of thioether (sulfide) groups is 1. The Morgan fingerprint density at radius 3 is 2.91 bits per heavy atom. The summed E-state index contributed by atoms with van der Waals surface area (Å²) in [6, 6.07) is 5.84. The first kappa shape index (κ1) is 18.2. The van der Waals surface area contributed by atoms with Gasteiger partial charge in [-0.3, -0.25) is 10.1 Å². The van der Waals surface area contributed by atoms with E-state index in [1.54, 1.807) is 11.8 Å². The lowest BCUT2D eigenvalue weighted by molar-refractivity contribution is -0.118. The van der Waals surface area contributed by atoms with Crippen molar-refractivity contribution >= 4 is 50.1 Å². The van der Waals surface area contributed by atoms with Gasteiger partial charge in [-0.25, -0.2) is 0 Å². The summed E-state index contributed by atoms with van der Waals surface area (Å²) in [6.07, 6.45) is 2.03. The quantitative estimate of drug-likeness (QED) is 0.511. The summed E-state index contributed by atoms with van der Waals surface area (Å²) < 4.78 is 7.24. The fourth-order valence-electron chi connectivity index (χ4n) is 1.69. The second-order valence-electron chi connectivity index (χ2n) is 4.68. The molecule has 1 aromatic heterocycles. The molecule has 0 saturated carbocycles. The van der Waals surface area contributed by atoms with Gasteiger partial charge in [-0.05, 0) is 46.5 Å². The monoisotopic (exact) mass is 415 g/mol. The van der Waals surface area contributed by atoms with Gasteiger partial charge in [0.25, 0.3) is 5.91 Å². The number of rotatable bonds is 8. The number of aromatic nitrogens is 2. The highest BCUT2D eigenvalue weighted by Gasteiger charge is 2.10. The number of ether oxygens (including phenoxy) is 1. The molecular formula is C15H18BrN3O2S2. The Labute approximate surface area is 152 Å². The number of carbonyl (C=O) groups excluding carboxylic acids is 1. The van der Waals surface area contributed by atoms with E-state index in [0.717, 1.165) is 27.4 Å². The molecule has 0 aliphatic heterocycles. The highest BCUT2D eigenvalue weighted by molar-refractivity contribution is 9.10. The molecule has 2 aromatic rings. The number of benzene rings is 1. The minimum atomic E-state index is -0.250. The summed E-state index contributed by atoms with van der Waals surface area (Å²) in [6.45, 7) is 4.13. The Morgan fingerprint density at radius 2 is 2.22 bits per heavy atom. The molecule has 0 unspecified atom stereocenters. The predicted octanol–water partition coefficient (Wildman–Crippen LogP) is 4.38. The second-order valence-corrected chi connectivity index (χ2v) is 7.85. The lowest BCUT2D eigenvalue weighted by atomic mass is 10.2. The molecule has 1 amide bonds. The molecule has 0 spiro atoms. The van der Waals surface area contributed by atoms with Crippen molar-refractivity contribution in [2.45, 2.75) is 31.0 Å². The van der Waals surface area contributed by atoms with E-state index in [2.05, 4.69) is 45.3 Å². The van der Waals surface area contributed by atoms with Gasteiger partial charge in [0.05, 0.1) is 4.47 Å². The summed E-state index contributed by atoms with van der Waals surface area (Å²) in [5.74, 6) is 1.39. The molecule has 1 aromatic carbocycles. The van der Waals surface area contributed by atoms with Crippen molar-refractivity contribution < 1.29 is 9.53 Å². The highest BCUT2D eigenvalue weighted by Crippen LogP contribution is 2.27. The largest absolute Gasteiger partial charge is 0.483 e. The third kappa shape index (κ3) is 5.78. The average Bonchev–Trinajstić information content (AvgIpc) is 2.99. The van der Waals surface area contributed by atoms with Crippen LogP contribution in [0.4, 0.5) is 5.13 Å². The van der Waals surface area contributed by atoms with E-state index in [9.17, 15) is 4.79 Å². The molecule has 5 nitrogen and oxygen atoms in total. The topological polar surface area (TPSA) is 64.1 Å². The van der Waals surface area contributed by atoms with Crippen molar-refractivity contribution in [2.75, 3.05) is 17.7 Å². The van der Waals surface area contributed by atoms with Crippen LogP contribution in [0.3, 0.4) is 0 Å². The van der Waals surface area contributed by atoms with Crippen LogP contribution in [0.15, 0.2) is 27.0 Å². The van der Waals surface area contributed by atoms with Crippen LogP contribution < -0.4 is 10.1 Å². The van der Waals surface area contributed by atoms with E-state index >= 15 is 0 Å². The van der Waals surface area contributed by atoms with Crippen molar-refractivity contribution in [2.24, 2.45) is 0 Å². The van der Waals surface area contributed by atoms with Gasteiger partial charge in [0, 0.05) is 5.75 Å². The van der Waals surface area contributed by atoms with Crippen LogP contribution in [0, 0.1) is 0 Å². The zero-order chi connectivity index (χ0) is 16.7. The van der Waals surface area contributed by atoms with Gasteiger partial charge in [0.15, 0.2) is 10.9 Å². The van der Waals surface area contributed by atoms with E-state index in [1.165, 1.54) is 16.9 Å². The number of aryl methyl sites for hydroxylation is 1. The smallest absolute Gasteiger partial charge is 0.264 e. The van der Waals surface area contributed by atoms with E-state index in [-0.39, 0.29) is 12.5 Å². The summed E-state index contributed by atoms with van der Waals surface area (Å²) in [5, 5.41) is 11.2. The van der Waals surface area contributed by atoms with Crippen LogP contribution in [0.25, 0.3) is 0 Å². The Bertz CT molecular complexity index is 664. The van der Waals surface area contributed by atoms with Crippen LogP contribution in [0.2, 0.25) is 0 Å². The van der Waals surface area contributed by atoms with Gasteiger partial charge < -0.3 is 4.74 Å². The average molecular weight is 416 g/mol. The molecule has 0 atom stereocenters. The van der Waals surface area contributed by atoms with Gasteiger partial charge in [-0.2, -0.15) is 0 Å². The molecule has 0 fully saturated rings. The normalized spacial score (nSPS) is 10.6. The first-order valence-electron chi connectivity index (χ1n) is 7.29. The lowest BCUT2D eigenvalue weighted by Crippen LogP contribution is -2.20. The number of nitrogens with one attached hydrogen (secondary N) is 1. The number of nitrogens with zero attached hydrogens (tertiary/aromatic N) is 2. The Morgan fingerprint density at radius 1 is 1.39 bits per heavy atom. The van der Waals surface area contributed by atoms with Gasteiger partial charge in [0.2, 0.25) is 5.13 Å². The molecule has 0 bridgehead atoms. The summed E-state index contributed by atoms with van der Waals surface area (Å²) in [5.41, 5.74) is 1.21. The minimum Gasteiger partial charge on any atom is -0.483 e. The first-order valence-corrected chi connectivity index (χ1v) is 9.89. The lowest BCUT2D eigenvalue weighted by Gasteiger charge is -2.08. The van der Waals surface area contributed by atoms with Crippen molar-refractivity contribution in [3.8, 4) is 5.75 Å². The van der Waals surface area contributed by atoms with Crippen LogP contribution in [-0.2, 0) is 11.2 Å². The number of hydrogen-bond acceptors (Lipinski definition) is 6. The third-order valence-corrected chi connectivity index (χ3v) is 5.64. The maximum atomic E-state index is 11.9. The Kier molecular flexibility index (Phi) is 7.32. The SMILES string of the molecule is CCCSc1nnc(NC(=O)COc2ccc(CC)cc2Br)s1. The van der Waals surface area contributed by atoms with E-state index < -0.39 is 0 Å². The first-order chi connectivity index (χ1) is 11.1. The van der Waals surface area contributed by atoms with Crippen LogP contribution in [0.5, 0.6) is 5.75 Å². The molecule has 23 heavy (non-hydrogen) atoms. The fraction of sp³-hybridized carbons (Fsp3) is 0.400. The number of hydrogen-bond donors (Lipinski definition) is 1. The number of carbonyl (C=O) groups is 1. The zero-order valence-electron chi connectivity index (χ0n) is 13.0.